The molecular weight excluding hydrogens is 633 g/mol. The fraction of sp³-hybridized carbons (Fsp3) is 0.160. The molecular formula is C50H46O2. The molecule has 258 valence electrons. The van der Waals surface area contributed by atoms with Crippen LogP contribution in [0.25, 0.3) is 22.7 Å². The lowest BCUT2D eigenvalue weighted by Gasteiger charge is -2.32. The summed E-state index contributed by atoms with van der Waals surface area (Å²) in [5.74, 6) is 3.07. The van der Waals surface area contributed by atoms with Crippen molar-refractivity contribution in [3.63, 3.8) is 0 Å². The van der Waals surface area contributed by atoms with Crippen LogP contribution in [0.2, 0.25) is 0 Å². The molecule has 3 aliphatic rings. The zero-order valence-corrected chi connectivity index (χ0v) is 30.1. The van der Waals surface area contributed by atoms with Gasteiger partial charge in [0.2, 0.25) is 0 Å². The number of hydrogen-bond donors (Lipinski definition) is 1. The highest BCUT2D eigenvalue weighted by Gasteiger charge is 2.30. The van der Waals surface area contributed by atoms with Crippen molar-refractivity contribution in [1.82, 2.24) is 0 Å². The zero-order chi connectivity index (χ0) is 35.9. The third-order valence-electron chi connectivity index (χ3n) is 10.1. The summed E-state index contributed by atoms with van der Waals surface area (Å²) in [4.78, 5) is 0. The lowest BCUT2D eigenvalue weighted by Crippen LogP contribution is -2.16. The molecule has 7 rings (SSSR count). The minimum absolute atomic E-state index is 0.253. The van der Waals surface area contributed by atoms with Gasteiger partial charge in [0.05, 0.1) is 0 Å². The summed E-state index contributed by atoms with van der Waals surface area (Å²) in [6, 6.07) is 41.1. The topological polar surface area (TPSA) is 29.5 Å². The Bertz CT molecular complexity index is 2170. The van der Waals surface area contributed by atoms with E-state index < -0.39 is 0 Å². The fourth-order valence-electron chi connectivity index (χ4n) is 7.53. The standard InChI is InChI=1S/C50H46O2/c1-35-29-42(37(3)44(31-35)45(38-19-9-4-10-20-38)33-48(51)40-23-13-6-14-24-40)27-17-8-18-28-43-30-36(2)32-47-46(39-21-11-5-12-22-39)34-49(52-50(43)47)41-25-15-7-16-26-41/h4-28,33-36,51H,3,29-32H2,1-2H3/b17-8+,28-18-,42-27+,45-44+,48-33-. The molecule has 0 radical (unpaired) electrons. The van der Waals surface area contributed by atoms with Gasteiger partial charge in [0.15, 0.2) is 0 Å². The SMILES string of the molecule is C=C1/C(=C/C=C/C=C\C2=C3OC(c4ccccc4)=CC(c4ccccc4)=C3CC(C)C2)CC(C)C/C1=C(/C=C(\O)c1ccccc1)c1ccccc1. The Morgan fingerprint density at radius 3 is 1.94 bits per heavy atom. The molecule has 2 unspecified atom stereocenters. The summed E-state index contributed by atoms with van der Waals surface area (Å²) in [6.45, 7) is 9.23. The van der Waals surface area contributed by atoms with Crippen molar-refractivity contribution >= 4 is 22.7 Å². The van der Waals surface area contributed by atoms with Gasteiger partial charge in [0.1, 0.15) is 17.3 Å². The second-order valence-corrected chi connectivity index (χ2v) is 14.2. The average Bonchev–Trinajstić information content (AvgIpc) is 3.19. The first-order valence-electron chi connectivity index (χ1n) is 18.4. The van der Waals surface area contributed by atoms with Gasteiger partial charge in [0.25, 0.3) is 0 Å². The molecule has 0 bridgehead atoms. The first-order valence-corrected chi connectivity index (χ1v) is 18.4. The fourth-order valence-corrected chi connectivity index (χ4v) is 7.53. The number of aliphatic hydroxyl groups is 1. The Balaban J connectivity index is 1.20. The summed E-state index contributed by atoms with van der Waals surface area (Å²) in [7, 11) is 0. The van der Waals surface area contributed by atoms with Crippen LogP contribution in [0.5, 0.6) is 0 Å². The van der Waals surface area contributed by atoms with Crippen molar-refractivity contribution in [3.05, 3.63) is 226 Å². The van der Waals surface area contributed by atoms with Crippen LogP contribution in [0.15, 0.2) is 204 Å². The molecule has 2 heteroatoms. The molecule has 4 aromatic rings. The maximum Gasteiger partial charge on any atom is 0.135 e. The van der Waals surface area contributed by atoms with Crippen LogP contribution in [0.1, 0.15) is 61.8 Å². The monoisotopic (exact) mass is 678 g/mol. The van der Waals surface area contributed by atoms with Crippen molar-refractivity contribution in [3.8, 4) is 0 Å². The van der Waals surface area contributed by atoms with Crippen LogP contribution >= 0.6 is 0 Å². The summed E-state index contributed by atoms with van der Waals surface area (Å²) in [5, 5.41) is 11.2. The predicted molar refractivity (Wildman–Crippen MR) is 219 cm³/mol. The number of rotatable bonds is 8. The van der Waals surface area contributed by atoms with E-state index in [4.69, 9.17) is 4.74 Å². The van der Waals surface area contributed by atoms with Crippen LogP contribution in [0.3, 0.4) is 0 Å². The summed E-state index contributed by atoms with van der Waals surface area (Å²) >= 11 is 0. The molecule has 1 saturated carbocycles. The van der Waals surface area contributed by atoms with E-state index in [1.54, 1.807) is 0 Å². The Morgan fingerprint density at radius 1 is 0.673 bits per heavy atom. The van der Waals surface area contributed by atoms with Crippen molar-refractivity contribution in [2.75, 3.05) is 0 Å². The summed E-state index contributed by atoms with van der Waals surface area (Å²) in [5.41, 5.74) is 12.4. The second-order valence-electron chi connectivity index (χ2n) is 14.2. The van der Waals surface area contributed by atoms with E-state index in [-0.39, 0.29) is 5.76 Å². The molecule has 1 aliphatic heterocycles. The summed E-state index contributed by atoms with van der Waals surface area (Å²) in [6.07, 6.45) is 18.8. The molecule has 2 aliphatic carbocycles. The number of ether oxygens (including phenoxy) is 1. The highest BCUT2D eigenvalue weighted by molar-refractivity contribution is 5.89. The van der Waals surface area contributed by atoms with Crippen LogP contribution in [0.4, 0.5) is 0 Å². The van der Waals surface area contributed by atoms with Gasteiger partial charge < -0.3 is 9.84 Å². The van der Waals surface area contributed by atoms with Crippen molar-refractivity contribution in [2.24, 2.45) is 11.8 Å². The van der Waals surface area contributed by atoms with Gasteiger partial charge in [-0.2, -0.15) is 0 Å². The number of hydrogen-bond acceptors (Lipinski definition) is 2. The van der Waals surface area contributed by atoms with Crippen LogP contribution in [-0.2, 0) is 4.74 Å². The van der Waals surface area contributed by atoms with Gasteiger partial charge in [-0.1, -0.05) is 172 Å². The summed E-state index contributed by atoms with van der Waals surface area (Å²) < 4.78 is 6.75. The molecule has 4 aromatic carbocycles. The van der Waals surface area contributed by atoms with E-state index >= 15 is 0 Å². The molecule has 0 aromatic heterocycles. The van der Waals surface area contributed by atoms with Gasteiger partial charge in [-0.3, -0.25) is 0 Å². The van der Waals surface area contributed by atoms with Gasteiger partial charge in [-0.25, -0.2) is 0 Å². The Labute approximate surface area is 309 Å². The van der Waals surface area contributed by atoms with Crippen molar-refractivity contribution in [2.45, 2.75) is 39.5 Å². The number of aliphatic hydroxyl groups excluding tert-OH is 1. The van der Waals surface area contributed by atoms with E-state index in [1.807, 2.05) is 60.7 Å². The minimum Gasteiger partial charge on any atom is -0.507 e. The van der Waals surface area contributed by atoms with Gasteiger partial charge in [-0.15, -0.1) is 0 Å². The van der Waals surface area contributed by atoms with Crippen LogP contribution in [0, 0.1) is 11.8 Å². The largest absolute Gasteiger partial charge is 0.507 e. The van der Waals surface area contributed by atoms with Gasteiger partial charge in [0, 0.05) is 16.7 Å². The smallest absolute Gasteiger partial charge is 0.135 e. The van der Waals surface area contributed by atoms with Crippen LogP contribution in [-0.4, -0.2) is 5.11 Å². The molecule has 1 fully saturated rings. The van der Waals surface area contributed by atoms with Gasteiger partial charge >= 0.3 is 0 Å². The van der Waals surface area contributed by atoms with E-state index in [1.165, 1.54) is 33.4 Å². The molecule has 0 spiro atoms. The highest BCUT2D eigenvalue weighted by atomic mass is 16.5. The Morgan fingerprint density at radius 2 is 1.27 bits per heavy atom. The Kier molecular flexibility index (Phi) is 10.6. The predicted octanol–water partition coefficient (Wildman–Crippen LogP) is 13.3. The lowest BCUT2D eigenvalue weighted by molar-refractivity contribution is 0.358. The maximum atomic E-state index is 11.2. The number of benzene rings is 4. The van der Waals surface area contributed by atoms with E-state index in [2.05, 4.69) is 124 Å². The molecule has 52 heavy (non-hydrogen) atoms. The molecule has 1 heterocycles. The molecule has 0 amide bonds. The molecule has 0 saturated heterocycles. The third-order valence-corrected chi connectivity index (χ3v) is 10.1. The van der Waals surface area contributed by atoms with E-state index in [0.717, 1.165) is 65.0 Å². The normalized spacial score (nSPS) is 21.4. The highest BCUT2D eigenvalue weighted by Crippen LogP contribution is 2.45. The third kappa shape index (κ3) is 7.87. The van der Waals surface area contributed by atoms with E-state index in [0.29, 0.717) is 11.8 Å². The number of fused-ring (bicyclic) bond motifs is 1. The van der Waals surface area contributed by atoms with Crippen molar-refractivity contribution < 1.29 is 9.84 Å². The van der Waals surface area contributed by atoms with Gasteiger partial charge in [-0.05, 0) is 94.2 Å². The molecule has 1 N–H and O–H groups in total. The van der Waals surface area contributed by atoms with E-state index in [9.17, 15) is 5.11 Å². The quantitative estimate of drug-likeness (QED) is 0.148. The maximum absolute atomic E-state index is 11.2. The number of allylic oxidation sites excluding steroid dienone is 14. The zero-order valence-electron chi connectivity index (χ0n) is 30.1. The average molecular weight is 679 g/mol. The first kappa shape index (κ1) is 34.6. The van der Waals surface area contributed by atoms with Crippen LogP contribution < -0.4 is 0 Å². The second kappa shape index (κ2) is 16.0. The Hall–Kier alpha value is -5.86. The minimum atomic E-state index is 0.253. The lowest BCUT2D eigenvalue weighted by atomic mass is 9.76. The molecule has 2 atom stereocenters. The molecule has 2 nitrogen and oxygen atoms in total. The first-order chi connectivity index (χ1) is 25.4. The van der Waals surface area contributed by atoms with Crippen molar-refractivity contribution in [1.29, 1.82) is 0 Å².